The predicted octanol–water partition coefficient (Wildman–Crippen LogP) is 3.22. The molecular formula is C19H17N3O2. The number of nitrogens with one attached hydrogen (secondary N) is 2. The van der Waals surface area contributed by atoms with E-state index in [2.05, 4.69) is 10.6 Å². The fraction of sp³-hybridized carbons (Fsp3) is 0.211. The van der Waals surface area contributed by atoms with E-state index < -0.39 is 5.41 Å². The molecule has 1 aliphatic carbocycles. The van der Waals surface area contributed by atoms with Gasteiger partial charge in [-0.2, -0.15) is 5.26 Å². The fourth-order valence-electron chi connectivity index (χ4n) is 2.57. The normalized spacial score (nSPS) is 14.3. The highest BCUT2D eigenvalue weighted by molar-refractivity contribution is 6.16. The van der Waals surface area contributed by atoms with E-state index in [1.807, 2.05) is 31.2 Å². The summed E-state index contributed by atoms with van der Waals surface area (Å²) >= 11 is 0. The molecule has 0 unspecified atom stereocenters. The van der Waals surface area contributed by atoms with E-state index in [1.165, 1.54) is 0 Å². The van der Waals surface area contributed by atoms with Crippen LogP contribution in [0.25, 0.3) is 0 Å². The SMILES string of the molecule is Cc1cccc(NC(=O)C2(C(=O)Nc3cccc(C#N)c3)CC2)c1. The van der Waals surface area contributed by atoms with Gasteiger partial charge in [0.2, 0.25) is 11.8 Å². The maximum Gasteiger partial charge on any atom is 0.240 e. The molecule has 0 aromatic heterocycles. The molecule has 5 nitrogen and oxygen atoms in total. The van der Waals surface area contributed by atoms with Gasteiger partial charge < -0.3 is 10.6 Å². The monoisotopic (exact) mass is 319 g/mol. The van der Waals surface area contributed by atoms with E-state index in [1.54, 1.807) is 30.3 Å². The topological polar surface area (TPSA) is 82.0 Å². The second-order valence-electron chi connectivity index (χ2n) is 6.05. The molecule has 5 heteroatoms. The molecule has 0 spiro atoms. The van der Waals surface area contributed by atoms with Crippen molar-refractivity contribution >= 4 is 23.2 Å². The Morgan fingerprint density at radius 3 is 2.12 bits per heavy atom. The van der Waals surface area contributed by atoms with Gasteiger partial charge in [-0.05, 0) is 55.7 Å². The molecule has 120 valence electrons. The molecule has 0 saturated heterocycles. The number of anilines is 2. The molecule has 0 bridgehead atoms. The van der Waals surface area contributed by atoms with E-state index in [-0.39, 0.29) is 11.8 Å². The summed E-state index contributed by atoms with van der Waals surface area (Å²) in [6.07, 6.45) is 1.04. The van der Waals surface area contributed by atoms with Crippen LogP contribution in [-0.2, 0) is 9.59 Å². The summed E-state index contributed by atoms with van der Waals surface area (Å²) in [5.41, 5.74) is 1.68. The van der Waals surface area contributed by atoms with Crippen molar-refractivity contribution in [3.05, 3.63) is 59.7 Å². The van der Waals surface area contributed by atoms with Crippen LogP contribution in [0.15, 0.2) is 48.5 Å². The summed E-state index contributed by atoms with van der Waals surface area (Å²) in [6.45, 7) is 1.94. The third-order valence-electron chi connectivity index (χ3n) is 4.14. The Kier molecular flexibility index (Phi) is 4.05. The molecule has 24 heavy (non-hydrogen) atoms. The molecule has 1 saturated carbocycles. The number of aryl methyl sites for hydroxylation is 1. The van der Waals surface area contributed by atoms with E-state index in [9.17, 15) is 9.59 Å². The number of carbonyl (C=O) groups excluding carboxylic acids is 2. The van der Waals surface area contributed by atoms with Gasteiger partial charge in [0, 0.05) is 11.4 Å². The number of amides is 2. The second-order valence-corrected chi connectivity index (χ2v) is 6.05. The molecule has 0 atom stereocenters. The average Bonchev–Trinajstić information content (AvgIpc) is 3.37. The lowest BCUT2D eigenvalue weighted by molar-refractivity contribution is -0.131. The Labute approximate surface area is 140 Å². The highest BCUT2D eigenvalue weighted by atomic mass is 16.2. The van der Waals surface area contributed by atoms with Crippen molar-refractivity contribution in [2.24, 2.45) is 5.41 Å². The molecule has 2 N–H and O–H groups in total. The smallest absolute Gasteiger partial charge is 0.240 e. The maximum atomic E-state index is 12.5. The summed E-state index contributed by atoms with van der Waals surface area (Å²) in [7, 11) is 0. The second kappa shape index (κ2) is 6.17. The molecule has 2 aromatic rings. The number of carbonyl (C=O) groups is 2. The minimum atomic E-state index is -1.02. The van der Waals surface area contributed by atoms with Gasteiger partial charge in [-0.15, -0.1) is 0 Å². The van der Waals surface area contributed by atoms with E-state index in [0.717, 1.165) is 5.56 Å². The minimum absolute atomic E-state index is 0.290. The third-order valence-corrected chi connectivity index (χ3v) is 4.14. The lowest BCUT2D eigenvalue weighted by Crippen LogP contribution is -2.35. The number of nitrogens with zero attached hydrogens (tertiary/aromatic N) is 1. The summed E-state index contributed by atoms with van der Waals surface area (Å²) in [5, 5.41) is 14.5. The average molecular weight is 319 g/mol. The highest BCUT2D eigenvalue weighted by Gasteiger charge is 2.56. The van der Waals surface area contributed by atoms with Crippen LogP contribution in [0.3, 0.4) is 0 Å². The fourth-order valence-corrected chi connectivity index (χ4v) is 2.57. The van der Waals surface area contributed by atoms with Gasteiger partial charge in [-0.3, -0.25) is 9.59 Å². The van der Waals surface area contributed by atoms with E-state index in [0.29, 0.717) is 29.8 Å². The number of nitriles is 1. The lowest BCUT2D eigenvalue weighted by Gasteiger charge is -2.16. The predicted molar refractivity (Wildman–Crippen MR) is 91.3 cm³/mol. The van der Waals surface area contributed by atoms with E-state index in [4.69, 9.17) is 5.26 Å². The molecule has 2 aromatic carbocycles. The van der Waals surface area contributed by atoms with Gasteiger partial charge in [-0.25, -0.2) is 0 Å². The zero-order valence-electron chi connectivity index (χ0n) is 13.3. The molecule has 3 rings (SSSR count). The molecule has 1 aliphatic rings. The summed E-state index contributed by atoms with van der Waals surface area (Å²) < 4.78 is 0. The van der Waals surface area contributed by atoms with Crippen LogP contribution in [0.1, 0.15) is 24.0 Å². The Morgan fingerprint density at radius 2 is 1.58 bits per heavy atom. The largest absolute Gasteiger partial charge is 0.325 e. The third kappa shape index (κ3) is 3.13. The van der Waals surface area contributed by atoms with E-state index >= 15 is 0 Å². The number of rotatable bonds is 4. The molecular weight excluding hydrogens is 302 g/mol. The molecule has 0 radical (unpaired) electrons. The van der Waals surface area contributed by atoms with Crippen LogP contribution in [0.2, 0.25) is 0 Å². The quantitative estimate of drug-likeness (QED) is 0.849. The van der Waals surface area contributed by atoms with Crippen molar-refractivity contribution in [1.82, 2.24) is 0 Å². The number of hydrogen-bond acceptors (Lipinski definition) is 3. The maximum absolute atomic E-state index is 12.5. The lowest BCUT2D eigenvalue weighted by atomic mass is 10.0. The Balaban J connectivity index is 1.72. The van der Waals surface area contributed by atoms with Crippen LogP contribution in [0.5, 0.6) is 0 Å². The molecule has 2 amide bonds. The number of benzene rings is 2. The van der Waals surface area contributed by atoms with Crippen molar-refractivity contribution in [3.63, 3.8) is 0 Å². The van der Waals surface area contributed by atoms with Crippen molar-refractivity contribution in [2.45, 2.75) is 19.8 Å². The standard InChI is InChI=1S/C19H17N3O2/c1-13-4-2-6-15(10-13)21-17(23)19(8-9-19)18(24)22-16-7-3-5-14(11-16)12-20/h2-7,10-11H,8-9H2,1H3,(H,21,23)(H,22,24). The van der Waals surface area contributed by atoms with Gasteiger partial charge in [-0.1, -0.05) is 18.2 Å². The first-order chi connectivity index (χ1) is 11.5. The van der Waals surface area contributed by atoms with Gasteiger partial charge >= 0.3 is 0 Å². The molecule has 0 aliphatic heterocycles. The van der Waals surface area contributed by atoms with Crippen molar-refractivity contribution in [3.8, 4) is 6.07 Å². The molecule has 1 fully saturated rings. The van der Waals surface area contributed by atoms with Gasteiger partial charge in [0.05, 0.1) is 11.6 Å². The Morgan fingerprint density at radius 1 is 1.00 bits per heavy atom. The Bertz CT molecular complexity index is 848. The Hall–Kier alpha value is -3.13. The summed E-state index contributed by atoms with van der Waals surface area (Å²) in [5.74, 6) is -0.621. The molecule has 0 heterocycles. The summed E-state index contributed by atoms with van der Waals surface area (Å²) in [6, 6.07) is 16.1. The van der Waals surface area contributed by atoms with Gasteiger partial charge in [0.1, 0.15) is 5.41 Å². The van der Waals surface area contributed by atoms with Crippen LogP contribution in [-0.4, -0.2) is 11.8 Å². The summed E-state index contributed by atoms with van der Waals surface area (Å²) in [4.78, 5) is 25.1. The van der Waals surface area contributed by atoms with Crippen LogP contribution < -0.4 is 10.6 Å². The zero-order chi connectivity index (χ0) is 17.2. The highest BCUT2D eigenvalue weighted by Crippen LogP contribution is 2.47. The van der Waals surface area contributed by atoms with Crippen LogP contribution >= 0.6 is 0 Å². The van der Waals surface area contributed by atoms with Crippen molar-refractivity contribution in [2.75, 3.05) is 10.6 Å². The first kappa shape index (κ1) is 15.8. The number of hydrogen-bond donors (Lipinski definition) is 2. The van der Waals surface area contributed by atoms with Gasteiger partial charge in [0.25, 0.3) is 0 Å². The zero-order valence-corrected chi connectivity index (χ0v) is 13.3. The van der Waals surface area contributed by atoms with Gasteiger partial charge in [0.15, 0.2) is 0 Å². The van der Waals surface area contributed by atoms with Crippen LogP contribution in [0, 0.1) is 23.7 Å². The van der Waals surface area contributed by atoms with Crippen LogP contribution in [0.4, 0.5) is 11.4 Å². The van der Waals surface area contributed by atoms with Crippen molar-refractivity contribution < 1.29 is 9.59 Å². The first-order valence-corrected chi connectivity index (χ1v) is 7.73. The minimum Gasteiger partial charge on any atom is -0.325 e. The first-order valence-electron chi connectivity index (χ1n) is 7.73. The van der Waals surface area contributed by atoms with Crippen molar-refractivity contribution in [1.29, 1.82) is 5.26 Å².